The van der Waals surface area contributed by atoms with Gasteiger partial charge in [0.2, 0.25) is 5.95 Å². The summed E-state index contributed by atoms with van der Waals surface area (Å²) in [6, 6.07) is 10.4. The van der Waals surface area contributed by atoms with Crippen LogP contribution in [0.1, 0.15) is 35.7 Å². The van der Waals surface area contributed by atoms with Crippen LogP contribution in [0.5, 0.6) is 0 Å². The van der Waals surface area contributed by atoms with Gasteiger partial charge in [-0.2, -0.15) is 4.98 Å². The van der Waals surface area contributed by atoms with Crippen LogP contribution < -0.4 is 20.9 Å². The fraction of sp³-hybridized carbons (Fsp3) is 0.444. The van der Waals surface area contributed by atoms with Gasteiger partial charge in [-0.3, -0.25) is 0 Å². The molecule has 36 heavy (non-hydrogen) atoms. The van der Waals surface area contributed by atoms with Crippen molar-refractivity contribution < 1.29 is 5.11 Å². The van der Waals surface area contributed by atoms with Crippen molar-refractivity contribution in [2.45, 2.75) is 38.8 Å². The van der Waals surface area contributed by atoms with Crippen molar-refractivity contribution in [1.29, 1.82) is 0 Å². The van der Waals surface area contributed by atoms with Gasteiger partial charge in [0.05, 0.1) is 5.69 Å². The molecule has 1 saturated heterocycles. The summed E-state index contributed by atoms with van der Waals surface area (Å²) >= 11 is 0. The second kappa shape index (κ2) is 10.0. The third-order valence-corrected chi connectivity index (χ3v) is 7.15. The monoisotopic (exact) mass is 488 g/mol. The summed E-state index contributed by atoms with van der Waals surface area (Å²) in [5.74, 6) is 1.85. The first-order chi connectivity index (χ1) is 17.3. The number of rotatable bonds is 7. The summed E-state index contributed by atoms with van der Waals surface area (Å²) in [6.45, 7) is 8.84. The van der Waals surface area contributed by atoms with E-state index in [4.69, 9.17) is 9.97 Å². The van der Waals surface area contributed by atoms with Crippen LogP contribution in [0, 0.1) is 6.92 Å². The molecule has 3 heterocycles. The Hall–Kier alpha value is -3.27. The van der Waals surface area contributed by atoms with Gasteiger partial charge in [-0.15, -0.1) is 0 Å². The average Bonchev–Trinajstić information content (AvgIpc) is 3.16. The number of hydrogen-bond donors (Lipinski definition) is 4. The highest BCUT2D eigenvalue weighted by Crippen LogP contribution is 2.36. The summed E-state index contributed by atoms with van der Waals surface area (Å²) in [7, 11) is 4.07. The highest BCUT2D eigenvalue weighted by Gasteiger charge is 2.33. The minimum atomic E-state index is -0.895. The van der Waals surface area contributed by atoms with E-state index in [9.17, 15) is 5.11 Å². The maximum absolute atomic E-state index is 10.7. The Morgan fingerprint density at radius 3 is 2.61 bits per heavy atom. The largest absolute Gasteiger partial charge is 0.384 e. The number of aromatic nitrogens is 3. The number of benzene rings is 1. The van der Waals surface area contributed by atoms with E-state index in [1.54, 1.807) is 0 Å². The van der Waals surface area contributed by atoms with Crippen LogP contribution in [-0.2, 0) is 18.6 Å². The van der Waals surface area contributed by atoms with Crippen LogP contribution in [0.2, 0.25) is 0 Å². The second-order valence-electron chi connectivity index (χ2n) is 10.1. The molecule has 9 heteroatoms. The lowest BCUT2D eigenvalue weighted by molar-refractivity contribution is 0.0555. The Morgan fingerprint density at radius 1 is 1.06 bits per heavy atom. The molecule has 0 spiro atoms. The molecule has 190 valence electrons. The molecule has 1 aromatic carbocycles. The van der Waals surface area contributed by atoms with Gasteiger partial charge < -0.3 is 30.9 Å². The molecule has 0 radical (unpaired) electrons. The van der Waals surface area contributed by atoms with Gasteiger partial charge >= 0.3 is 0 Å². The molecule has 1 aliphatic heterocycles. The zero-order chi connectivity index (χ0) is 25.3. The Kier molecular flexibility index (Phi) is 6.79. The van der Waals surface area contributed by atoms with Crippen LogP contribution >= 0.6 is 0 Å². The van der Waals surface area contributed by atoms with Gasteiger partial charge in [-0.1, -0.05) is 6.07 Å². The number of piperazine rings is 1. The molecule has 0 saturated carbocycles. The molecule has 4 N–H and O–H groups in total. The lowest BCUT2D eigenvalue weighted by Crippen LogP contribution is -2.44. The number of likely N-dealkylation sites (N-methyl/N-ethyl adjacent to an activating group) is 1. The number of aryl methyl sites for hydroxylation is 2. The van der Waals surface area contributed by atoms with Gasteiger partial charge in [0.15, 0.2) is 0 Å². The van der Waals surface area contributed by atoms with E-state index in [0.29, 0.717) is 30.5 Å². The number of anilines is 5. The van der Waals surface area contributed by atoms with Crippen molar-refractivity contribution >= 4 is 29.0 Å². The van der Waals surface area contributed by atoms with Crippen molar-refractivity contribution in [1.82, 2.24) is 25.2 Å². The van der Waals surface area contributed by atoms with Gasteiger partial charge in [-0.25, -0.2) is 9.97 Å². The third-order valence-electron chi connectivity index (χ3n) is 7.15. The van der Waals surface area contributed by atoms with Crippen molar-refractivity contribution in [3.05, 3.63) is 58.9 Å². The van der Waals surface area contributed by atoms with E-state index in [-0.39, 0.29) is 0 Å². The predicted molar refractivity (Wildman–Crippen MR) is 144 cm³/mol. The van der Waals surface area contributed by atoms with Crippen molar-refractivity contribution in [2.24, 2.45) is 0 Å². The quantitative estimate of drug-likeness (QED) is 0.399. The smallest absolute Gasteiger partial charge is 0.229 e. The Labute approximate surface area is 213 Å². The first-order valence-corrected chi connectivity index (χ1v) is 12.6. The first kappa shape index (κ1) is 24.4. The zero-order valence-corrected chi connectivity index (χ0v) is 21.6. The average molecular weight is 489 g/mol. The number of hydrogen-bond acceptors (Lipinski definition) is 9. The summed E-state index contributed by atoms with van der Waals surface area (Å²) in [6.07, 6.45) is 3.36. The Bertz CT molecular complexity index is 1240. The Morgan fingerprint density at radius 2 is 1.86 bits per heavy atom. The molecular weight excluding hydrogens is 452 g/mol. The molecule has 0 unspecified atom stereocenters. The molecule has 9 nitrogen and oxygen atoms in total. The molecule has 2 aromatic heterocycles. The van der Waals surface area contributed by atoms with E-state index >= 15 is 0 Å². The minimum absolute atomic E-state index is 0.511. The highest BCUT2D eigenvalue weighted by molar-refractivity contribution is 5.65. The Balaban J connectivity index is 1.36. The molecule has 2 aliphatic rings. The molecule has 3 aromatic rings. The lowest BCUT2D eigenvalue weighted by atomic mass is 10.0. The number of nitrogens with zero attached hydrogens (tertiary/aromatic N) is 5. The van der Waals surface area contributed by atoms with E-state index in [1.807, 2.05) is 32.3 Å². The van der Waals surface area contributed by atoms with Crippen molar-refractivity contribution in [2.75, 3.05) is 55.8 Å². The van der Waals surface area contributed by atoms with E-state index < -0.39 is 5.60 Å². The maximum Gasteiger partial charge on any atom is 0.229 e. The summed E-state index contributed by atoms with van der Waals surface area (Å²) in [5, 5.41) is 20.6. The van der Waals surface area contributed by atoms with Gasteiger partial charge in [0.25, 0.3) is 0 Å². The van der Waals surface area contributed by atoms with Crippen LogP contribution in [0.25, 0.3) is 0 Å². The zero-order valence-electron chi connectivity index (χ0n) is 21.6. The van der Waals surface area contributed by atoms with Crippen molar-refractivity contribution in [3.63, 3.8) is 0 Å². The summed E-state index contributed by atoms with van der Waals surface area (Å²) in [4.78, 5) is 18.8. The second-order valence-corrected chi connectivity index (χ2v) is 10.1. The van der Waals surface area contributed by atoms with E-state index in [2.05, 4.69) is 62.9 Å². The SMILES string of the molecule is CNCc1cnc(Nc2ccc(N3CCN(C)CC3)c(C)c2)nc1Nc1ccc2c(n1)[C@@](C)(O)CC2. The third kappa shape index (κ3) is 5.13. The number of pyridine rings is 1. The predicted octanol–water partition coefficient (Wildman–Crippen LogP) is 3.29. The minimum Gasteiger partial charge on any atom is -0.384 e. The maximum atomic E-state index is 10.7. The molecule has 1 atom stereocenters. The lowest BCUT2D eigenvalue weighted by Gasteiger charge is -2.35. The van der Waals surface area contributed by atoms with Gasteiger partial charge in [0, 0.05) is 55.9 Å². The highest BCUT2D eigenvalue weighted by atomic mass is 16.3. The van der Waals surface area contributed by atoms with Crippen LogP contribution in [-0.4, -0.2) is 65.2 Å². The van der Waals surface area contributed by atoms with Crippen molar-refractivity contribution in [3.8, 4) is 0 Å². The summed E-state index contributed by atoms with van der Waals surface area (Å²) < 4.78 is 0. The van der Waals surface area contributed by atoms with Crippen LogP contribution in [0.15, 0.2) is 36.5 Å². The molecular formula is C27H36N8O. The first-order valence-electron chi connectivity index (χ1n) is 12.6. The summed E-state index contributed by atoms with van der Waals surface area (Å²) in [5.41, 5.74) is 5.33. The molecule has 5 rings (SSSR count). The molecule has 1 aliphatic carbocycles. The number of nitrogens with one attached hydrogen (secondary N) is 3. The normalized spacial score (nSPS) is 19.9. The number of aliphatic hydroxyl groups is 1. The van der Waals surface area contributed by atoms with Gasteiger partial charge in [-0.05, 0) is 76.2 Å². The number of fused-ring (bicyclic) bond motifs is 1. The van der Waals surface area contributed by atoms with Crippen LogP contribution in [0.4, 0.5) is 29.0 Å². The molecule has 0 bridgehead atoms. The van der Waals surface area contributed by atoms with Gasteiger partial charge in [0.1, 0.15) is 17.2 Å². The fourth-order valence-electron chi connectivity index (χ4n) is 5.00. The molecule has 1 fully saturated rings. The molecule has 0 amide bonds. The fourth-order valence-corrected chi connectivity index (χ4v) is 5.00. The van der Waals surface area contributed by atoms with E-state index in [1.165, 1.54) is 11.3 Å². The van der Waals surface area contributed by atoms with Crippen LogP contribution in [0.3, 0.4) is 0 Å². The topological polar surface area (TPSA) is 101 Å². The van der Waals surface area contributed by atoms with E-state index in [0.717, 1.165) is 55.1 Å². The standard InChI is InChI=1S/C27H36N8O/c1-18-15-21(6-7-22(18)35-13-11-34(4)12-14-35)30-26-29-17-20(16-28-3)25(33-26)32-23-8-5-19-9-10-27(2,36)24(19)31-23/h5-8,15,17,28,36H,9-14,16H2,1-4H3,(H2,29,30,31,32,33)/t27-/m0/s1.